The molecule has 0 amide bonds. The molecule has 0 saturated heterocycles. The molecule has 0 aliphatic heterocycles. The molecule has 0 aliphatic rings. The molecule has 0 aliphatic carbocycles. The molecule has 0 spiro atoms. The van der Waals surface area contributed by atoms with Crippen molar-refractivity contribution >= 4 is 21.7 Å². The third-order valence-electron chi connectivity index (χ3n) is 2.57. The Morgan fingerprint density at radius 2 is 2.24 bits per heavy atom. The van der Waals surface area contributed by atoms with Gasteiger partial charge in [-0.2, -0.15) is 0 Å². The molecule has 0 bridgehead atoms. The quantitative estimate of drug-likeness (QED) is 0.725. The third-order valence-corrected chi connectivity index (χ3v) is 3.07. The second kappa shape index (κ2) is 7.58. The van der Waals surface area contributed by atoms with Gasteiger partial charge in [-0.15, -0.1) is 0 Å². The predicted octanol–water partition coefficient (Wildman–Crippen LogP) is 2.60. The second-order valence-electron chi connectivity index (χ2n) is 3.80. The first kappa shape index (κ1) is 14.4. The van der Waals surface area contributed by atoms with E-state index in [4.69, 9.17) is 4.74 Å². The molecule has 1 aromatic carbocycles. The number of hydrogen-bond donors (Lipinski definition) is 0. The molecular weight excluding hydrogens is 282 g/mol. The van der Waals surface area contributed by atoms with Gasteiger partial charge in [0, 0.05) is 23.7 Å². The van der Waals surface area contributed by atoms with Gasteiger partial charge in [0.25, 0.3) is 0 Å². The van der Waals surface area contributed by atoms with Crippen LogP contribution in [0.15, 0.2) is 28.7 Å². The number of rotatable bonds is 7. The number of nitrogens with zero attached hydrogens (tertiary/aromatic N) is 1. The van der Waals surface area contributed by atoms with E-state index in [9.17, 15) is 4.79 Å². The van der Waals surface area contributed by atoms with Gasteiger partial charge < -0.3 is 4.74 Å². The van der Waals surface area contributed by atoms with Crippen LogP contribution >= 0.6 is 15.9 Å². The number of likely N-dealkylation sites (N-methyl/N-ethyl adjacent to an activating group) is 1. The van der Waals surface area contributed by atoms with E-state index >= 15 is 0 Å². The zero-order chi connectivity index (χ0) is 12.7. The molecule has 0 heterocycles. The van der Waals surface area contributed by atoms with Crippen molar-refractivity contribution in [2.45, 2.75) is 6.92 Å². The molecule has 4 heteroatoms. The molecular formula is C13H18BrNO2. The number of carbonyl (C=O) groups excluding carboxylic acids is 1. The highest BCUT2D eigenvalue weighted by Crippen LogP contribution is 2.12. The van der Waals surface area contributed by atoms with E-state index in [0.717, 1.165) is 23.1 Å². The fourth-order valence-corrected chi connectivity index (χ4v) is 1.92. The maximum Gasteiger partial charge on any atom is 0.176 e. The zero-order valence-corrected chi connectivity index (χ0v) is 11.9. The van der Waals surface area contributed by atoms with Crippen molar-refractivity contribution in [2.24, 2.45) is 0 Å². The van der Waals surface area contributed by atoms with Crippen molar-refractivity contribution in [3.05, 3.63) is 34.3 Å². The number of benzene rings is 1. The monoisotopic (exact) mass is 299 g/mol. The van der Waals surface area contributed by atoms with Gasteiger partial charge >= 0.3 is 0 Å². The van der Waals surface area contributed by atoms with E-state index in [2.05, 4.69) is 20.8 Å². The van der Waals surface area contributed by atoms with Crippen molar-refractivity contribution in [3.8, 4) is 0 Å². The van der Waals surface area contributed by atoms with Crippen LogP contribution in [0.2, 0.25) is 0 Å². The maximum absolute atomic E-state index is 12.0. The lowest BCUT2D eigenvalue weighted by atomic mass is 10.1. The molecule has 0 unspecified atom stereocenters. The first-order valence-electron chi connectivity index (χ1n) is 5.67. The lowest BCUT2D eigenvalue weighted by Gasteiger charge is -2.18. The Morgan fingerprint density at radius 3 is 2.82 bits per heavy atom. The standard InChI is InChI=1S/C13H18BrNO2/c1-3-15(7-8-17-2)10-13(16)11-5-4-6-12(14)9-11/h4-6,9H,3,7-8,10H2,1-2H3. The molecule has 0 N–H and O–H groups in total. The number of hydrogen-bond acceptors (Lipinski definition) is 3. The summed E-state index contributed by atoms with van der Waals surface area (Å²) in [6.07, 6.45) is 0. The van der Waals surface area contributed by atoms with Crippen LogP contribution in [-0.2, 0) is 4.74 Å². The number of carbonyl (C=O) groups is 1. The first-order valence-corrected chi connectivity index (χ1v) is 6.46. The maximum atomic E-state index is 12.0. The summed E-state index contributed by atoms with van der Waals surface area (Å²) in [4.78, 5) is 14.1. The largest absolute Gasteiger partial charge is 0.383 e. The van der Waals surface area contributed by atoms with E-state index in [1.807, 2.05) is 31.2 Å². The van der Waals surface area contributed by atoms with Crippen molar-refractivity contribution in [3.63, 3.8) is 0 Å². The van der Waals surface area contributed by atoms with Crippen molar-refractivity contribution < 1.29 is 9.53 Å². The van der Waals surface area contributed by atoms with Gasteiger partial charge in [0.15, 0.2) is 5.78 Å². The summed E-state index contributed by atoms with van der Waals surface area (Å²) in [5.74, 6) is 0.143. The summed E-state index contributed by atoms with van der Waals surface area (Å²) in [5.41, 5.74) is 0.746. The molecule has 17 heavy (non-hydrogen) atoms. The first-order chi connectivity index (χ1) is 8.17. The summed E-state index contributed by atoms with van der Waals surface area (Å²) in [6.45, 7) is 4.77. The van der Waals surface area contributed by atoms with Gasteiger partial charge in [0.1, 0.15) is 0 Å². The Hall–Kier alpha value is -0.710. The number of halogens is 1. The van der Waals surface area contributed by atoms with Crippen LogP contribution in [0, 0.1) is 0 Å². The second-order valence-corrected chi connectivity index (χ2v) is 4.71. The SMILES string of the molecule is CCN(CCOC)CC(=O)c1cccc(Br)c1. The van der Waals surface area contributed by atoms with Gasteiger partial charge in [0.05, 0.1) is 13.2 Å². The fourth-order valence-electron chi connectivity index (χ4n) is 1.53. The van der Waals surface area contributed by atoms with Gasteiger partial charge in [-0.25, -0.2) is 0 Å². The van der Waals surface area contributed by atoms with Crippen LogP contribution in [0.1, 0.15) is 17.3 Å². The van der Waals surface area contributed by atoms with E-state index in [1.54, 1.807) is 7.11 Å². The van der Waals surface area contributed by atoms with Gasteiger partial charge in [-0.3, -0.25) is 9.69 Å². The number of Topliss-reactive ketones (excluding diaryl/α,β-unsaturated/α-hetero) is 1. The van der Waals surface area contributed by atoms with Gasteiger partial charge in [0.2, 0.25) is 0 Å². The predicted molar refractivity (Wildman–Crippen MR) is 72.5 cm³/mol. The van der Waals surface area contributed by atoms with E-state index < -0.39 is 0 Å². The lowest BCUT2D eigenvalue weighted by molar-refractivity contribution is 0.0902. The average molecular weight is 300 g/mol. The van der Waals surface area contributed by atoms with Crippen molar-refractivity contribution in [1.29, 1.82) is 0 Å². The Bertz CT molecular complexity index is 368. The van der Waals surface area contributed by atoms with Crippen LogP contribution in [-0.4, -0.2) is 44.0 Å². The molecule has 3 nitrogen and oxygen atoms in total. The fraction of sp³-hybridized carbons (Fsp3) is 0.462. The summed E-state index contributed by atoms with van der Waals surface area (Å²) < 4.78 is 5.95. The molecule has 0 aromatic heterocycles. The average Bonchev–Trinajstić information content (AvgIpc) is 2.34. The summed E-state index contributed by atoms with van der Waals surface area (Å²) >= 11 is 3.37. The van der Waals surface area contributed by atoms with Crippen LogP contribution < -0.4 is 0 Å². The Labute approximate surface area is 111 Å². The minimum Gasteiger partial charge on any atom is -0.383 e. The Morgan fingerprint density at radius 1 is 1.47 bits per heavy atom. The highest BCUT2D eigenvalue weighted by molar-refractivity contribution is 9.10. The molecule has 94 valence electrons. The Balaban J connectivity index is 2.58. The van der Waals surface area contributed by atoms with E-state index in [1.165, 1.54) is 0 Å². The van der Waals surface area contributed by atoms with E-state index in [0.29, 0.717) is 13.2 Å². The highest BCUT2D eigenvalue weighted by atomic mass is 79.9. The third kappa shape index (κ3) is 4.98. The van der Waals surface area contributed by atoms with Crippen LogP contribution in [0.4, 0.5) is 0 Å². The summed E-state index contributed by atoms with van der Waals surface area (Å²) in [7, 11) is 1.67. The minimum absolute atomic E-state index is 0.143. The molecule has 0 atom stereocenters. The number of ether oxygens (including phenoxy) is 1. The number of ketones is 1. The summed E-state index contributed by atoms with van der Waals surface area (Å²) in [6, 6.07) is 7.49. The normalized spacial score (nSPS) is 10.8. The molecule has 1 rings (SSSR count). The highest BCUT2D eigenvalue weighted by Gasteiger charge is 2.11. The lowest BCUT2D eigenvalue weighted by Crippen LogP contribution is -2.32. The van der Waals surface area contributed by atoms with E-state index in [-0.39, 0.29) is 5.78 Å². The molecule has 0 fully saturated rings. The van der Waals surface area contributed by atoms with Crippen molar-refractivity contribution in [1.82, 2.24) is 4.90 Å². The van der Waals surface area contributed by atoms with Gasteiger partial charge in [-0.1, -0.05) is 35.0 Å². The van der Waals surface area contributed by atoms with Crippen molar-refractivity contribution in [2.75, 3.05) is 33.4 Å². The molecule has 0 saturated carbocycles. The number of methoxy groups -OCH3 is 1. The molecule has 0 radical (unpaired) electrons. The van der Waals surface area contributed by atoms with Crippen LogP contribution in [0.3, 0.4) is 0 Å². The van der Waals surface area contributed by atoms with Gasteiger partial charge in [-0.05, 0) is 18.7 Å². The van der Waals surface area contributed by atoms with Crippen LogP contribution in [0.25, 0.3) is 0 Å². The summed E-state index contributed by atoms with van der Waals surface area (Å²) in [5, 5.41) is 0. The molecule has 1 aromatic rings. The topological polar surface area (TPSA) is 29.5 Å². The Kier molecular flexibility index (Phi) is 6.40. The zero-order valence-electron chi connectivity index (χ0n) is 10.3. The smallest absolute Gasteiger partial charge is 0.176 e. The minimum atomic E-state index is 0.143. The van der Waals surface area contributed by atoms with Crippen LogP contribution in [0.5, 0.6) is 0 Å².